The normalized spacial score (nSPS) is 10.5. The van der Waals surface area contributed by atoms with Gasteiger partial charge in [0.25, 0.3) is 0 Å². The van der Waals surface area contributed by atoms with E-state index in [1.54, 1.807) is 12.4 Å². The van der Waals surface area contributed by atoms with Crippen LogP contribution in [0.3, 0.4) is 0 Å². The van der Waals surface area contributed by atoms with E-state index in [-0.39, 0.29) is 5.91 Å². The van der Waals surface area contributed by atoms with Gasteiger partial charge in [-0.3, -0.25) is 9.78 Å². The molecular weight excluding hydrogens is 310 g/mol. The van der Waals surface area contributed by atoms with E-state index in [9.17, 15) is 4.79 Å². The summed E-state index contributed by atoms with van der Waals surface area (Å²) in [4.78, 5) is 18.2. The third-order valence-electron chi connectivity index (χ3n) is 4.55. The second-order valence-electron chi connectivity index (χ2n) is 6.26. The Labute approximate surface area is 151 Å². The predicted molar refractivity (Wildman–Crippen MR) is 104 cm³/mol. The van der Waals surface area contributed by atoms with E-state index in [2.05, 4.69) is 42.3 Å². The lowest BCUT2D eigenvalue weighted by atomic mass is 10.0. The minimum Gasteiger partial charge on any atom is -0.384 e. The van der Waals surface area contributed by atoms with Crippen molar-refractivity contribution in [2.45, 2.75) is 39.5 Å². The maximum atomic E-state index is 12.3. The minimum absolute atomic E-state index is 0.175. The van der Waals surface area contributed by atoms with Gasteiger partial charge in [0, 0.05) is 44.6 Å². The lowest BCUT2D eigenvalue weighted by Gasteiger charge is -2.19. The van der Waals surface area contributed by atoms with Gasteiger partial charge in [0.15, 0.2) is 0 Å². The number of hydrogen-bond acceptors (Lipinski definition) is 3. The number of likely N-dealkylation sites (N-methyl/N-ethyl adjacent to an activating group) is 1. The average molecular weight is 339 g/mol. The van der Waals surface area contributed by atoms with Gasteiger partial charge in [-0.15, -0.1) is 0 Å². The standard InChI is InChI=1S/C21H29N3O/c1-4-18-7-6-8-19(5-2)21(18)23-15-11-20(25)24(3)16-12-17-9-13-22-14-10-17/h6-10,13-14,23H,4-5,11-12,15-16H2,1-3H3. The second-order valence-corrected chi connectivity index (χ2v) is 6.26. The number of amides is 1. The van der Waals surface area contributed by atoms with Gasteiger partial charge in [0.1, 0.15) is 0 Å². The van der Waals surface area contributed by atoms with Gasteiger partial charge in [-0.2, -0.15) is 0 Å². The van der Waals surface area contributed by atoms with E-state index >= 15 is 0 Å². The molecule has 0 unspecified atom stereocenters. The number of hydrogen-bond donors (Lipinski definition) is 1. The zero-order valence-corrected chi connectivity index (χ0v) is 15.6. The molecule has 25 heavy (non-hydrogen) atoms. The summed E-state index contributed by atoms with van der Waals surface area (Å²) in [5, 5.41) is 3.49. The minimum atomic E-state index is 0.175. The Hall–Kier alpha value is -2.36. The first-order valence-electron chi connectivity index (χ1n) is 9.13. The van der Waals surface area contributed by atoms with Gasteiger partial charge in [-0.05, 0) is 48.1 Å². The van der Waals surface area contributed by atoms with Crippen LogP contribution >= 0.6 is 0 Å². The van der Waals surface area contributed by atoms with Gasteiger partial charge in [0.2, 0.25) is 5.91 Å². The fourth-order valence-corrected chi connectivity index (χ4v) is 2.93. The lowest BCUT2D eigenvalue weighted by molar-refractivity contribution is -0.129. The smallest absolute Gasteiger partial charge is 0.224 e. The van der Waals surface area contributed by atoms with Gasteiger partial charge in [-0.1, -0.05) is 32.0 Å². The highest BCUT2D eigenvalue weighted by Gasteiger charge is 2.10. The quantitative estimate of drug-likeness (QED) is 0.757. The number of anilines is 1. The molecule has 1 aromatic heterocycles. The Bertz CT molecular complexity index is 648. The van der Waals surface area contributed by atoms with Crippen molar-refractivity contribution in [1.29, 1.82) is 0 Å². The molecule has 0 aliphatic heterocycles. The van der Waals surface area contributed by atoms with Crippen molar-refractivity contribution in [3.8, 4) is 0 Å². The first kappa shape index (κ1) is 19.0. The van der Waals surface area contributed by atoms with E-state index in [0.717, 1.165) is 25.8 Å². The molecule has 1 amide bonds. The lowest BCUT2D eigenvalue weighted by Crippen LogP contribution is -2.30. The zero-order chi connectivity index (χ0) is 18.1. The van der Waals surface area contributed by atoms with Crippen LogP contribution in [-0.4, -0.2) is 35.9 Å². The molecule has 0 bridgehead atoms. The number of pyridine rings is 1. The Morgan fingerprint density at radius 1 is 1.08 bits per heavy atom. The van der Waals surface area contributed by atoms with Crippen molar-refractivity contribution >= 4 is 11.6 Å². The number of rotatable bonds is 9. The number of carbonyl (C=O) groups excluding carboxylic acids is 1. The number of para-hydroxylation sites is 1. The zero-order valence-electron chi connectivity index (χ0n) is 15.6. The number of aromatic nitrogens is 1. The number of benzene rings is 1. The summed E-state index contributed by atoms with van der Waals surface area (Å²) < 4.78 is 0. The number of nitrogens with zero attached hydrogens (tertiary/aromatic N) is 2. The Kier molecular flexibility index (Phi) is 7.45. The first-order chi connectivity index (χ1) is 12.2. The summed E-state index contributed by atoms with van der Waals surface area (Å²) in [7, 11) is 1.88. The molecule has 0 saturated carbocycles. The van der Waals surface area contributed by atoms with Gasteiger partial charge in [-0.25, -0.2) is 0 Å². The molecule has 0 spiro atoms. The molecule has 134 valence electrons. The van der Waals surface area contributed by atoms with Crippen LogP contribution in [0.5, 0.6) is 0 Å². The Balaban J connectivity index is 1.82. The maximum absolute atomic E-state index is 12.3. The summed E-state index contributed by atoms with van der Waals surface area (Å²) in [6, 6.07) is 10.4. The van der Waals surface area contributed by atoms with Crippen LogP contribution in [0.25, 0.3) is 0 Å². The van der Waals surface area contributed by atoms with E-state index in [0.29, 0.717) is 13.0 Å². The molecule has 0 saturated heterocycles. The Morgan fingerprint density at radius 3 is 2.32 bits per heavy atom. The molecule has 2 aromatic rings. The molecule has 1 aromatic carbocycles. The number of nitrogens with one attached hydrogen (secondary N) is 1. The molecule has 0 fully saturated rings. The predicted octanol–water partition coefficient (Wildman–Crippen LogP) is 3.71. The monoisotopic (exact) mass is 339 g/mol. The van der Waals surface area contributed by atoms with Gasteiger partial charge in [0.05, 0.1) is 0 Å². The SMILES string of the molecule is CCc1cccc(CC)c1NCCC(=O)N(C)CCc1ccncc1. The largest absolute Gasteiger partial charge is 0.384 e. The molecule has 0 radical (unpaired) electrons. The van der Waals surface area contributed by atoms with Crippen molar-refractivity contribution in [1.82, 2.24) is 9.88 Å². The fourth-order valence-electron chi connectivity index (χ4n) is 2.93. The highest BCUT2D eigenvalue weighted by molar-refractivity contribution is 5.76. The Morgan fingerprint density at radius 2 is 1.72 bits per heavy atom. The van der Waals surface area contributed by atoms with Crippen LogP contribution in [0.4, 0.5) is 5.69 Å². The maximum Gasteiger partial charge on any atom is 0.224 e. The number of carbonyl (C=O) groups is 1. The molecule has 0 atom stereocenters. The summed E-state index contributed by atoms with van der Waals surface area (Å²) in [5.74, 6) is 0.175. The highest BCUT2D eigenvalue weighted by Crippen LogP contribution is 2.22. The van der Waals surface area contributed by atoms with Crippen molar-refractivity contribution in [2.24, 2.45) is 0 Å². The van der Waals surface area contributed by atoms with Gasteiger partial charge < -0.3 is 10.2 Å². The van der Waals surface area contributed by atoms with Crippen LogP contribution in [0.15, 0.2) is 42.7 Å². The average Bonchev–Trinajstić information content (AvgIpc) is 2.66. The van der Waals surface area contributed by atoms with Crippen molar-refractivity contribution in [3.63, 3.8) is 0 Å². The van der Waals surface area contributed by atoms with Crippen molar-refractivity contribution in [3.05, 3.63) is 59.4 Å². The summed E-state index contributed by atoms with van der Waals surface area (Å²) in [6.45, 7) is 5.73. The van der Waals surface area contributed by atoms with Gasteiger partial charge >= 0.3 is 0 Å². The van der Waals surface area contributed by atoms with Crippen LogP contribution < -0.4 is 5.32 Å². The third kappa shape index (κ3) is 5.59. The third-order valence-corrected chi connectivity index (χ3v) is 4.55. The molecular formula is C21H29N3O. The van der Waals surface area contributed by atoms with Crippen LogP contribution in [0.2, 0.25) is 0 Å². The topological polar surface area (TPSA) is 45.2 Å². The van der Waals surface area contributed by atoms with Crippen molar-refractivity contribution < 1.29 is 4.79 Å². The van der Waals surface area contributed by atoms with E-state index < -0.39 is 0 Å². The first-order valence-corrected chi connectivity index (χ1v) is 9.13. The van der Waals surface area contributed by atoms with Crippen LogP contribution in [-0.2, 0) is 24.1 Å². The number of aryl methyl sites for hydroxylation is 2. The summed E-state index contributed by atoms with van der Waals surface area (Å²) in [5.41, 5.74) is 5.05. The van der Waals surface area contributed by atoms with Crippen molar-refractivity contribution in [2.75, 3.05) is 25.5 Å². The summed E-state index contributed by atoms with van der Waals surface area (Å²) >= 11 is 0. The van der Waals surface area contributed by atoms with E-state index in [4.69, 9.17) is 0 Å². The molecule has 1 N–H and O–H groups in total. The molecule has 0 aliphatic rings. The van der Waals surface area contributed by atoms with Crippen LogP contribution in [0.1, 0.15) is 37.0 Å². The highest BCUT2D eigenvalue weighted by atomic mass is 16.2. The fraction of sp³-hybridized carbons (Fsp3) is 0.429. The summed E-state index contributed by atoms with van der Waals surface area (Å²) in [6.07, 6.45) is 6.94. The molecule has 4 heteroatoms. The molecule has 4 nitrogen and oxygen atoms in total. The molecule has 1 heterocycles. The van der Waals surface area contributed by atoms with E-state index in [1.807, 2.05) is 24.1 Å². The molecule has 0 aliphatic carbocycles. The van der Waals surface area contributed by atoms with E-state index in [1.165, 1.54) is 22.4 Å². The second kappa shape index (κ2) is 9.82. The van der Waals surface area contributed by atoms with Crippen LogP contribution in [0, 0.1) is 0 Å². The molecule has 2 rings (SSSR count).